The quantitative estimate of drug-likeness (QED) is 0.556. The summed E-state index contributed by atoms with van der Waals surface area (Å²) in [7, 11) is 0. The Morgan fingerprint density at radius 2 is 1.92 bits per heavy atom. The Morgan fingerprint density at radius 1 is 1.31 bits per heavy atom. The normalized spacial score (nSPS) is 13.8. The minimum absolute atomic E-state index is 1.05. The van der Waals surface area contributed by atoms with E-state index in [9.17, 15) is 0 Å². The van der Waals surface area contributed by atoms with Gasteiger partial charge >= 0.3 is 0 Å². The van der Waals surface area contributed by atoms with E-state index in [1.165, 1.54) is 11.1 Å². The van der Waals surface area contributed by atoms with E-state index in [2.05, 4.69) is 44.7 Å². The van der Waals surface area contributed by atoms with Crippen LogP contribution in [0.4, 0.5) is 0 Å². The number of rotatable bonds is 4. The minimum atomic E-state index is 1.05. The Kier molecular flexibility index (Phi) is 5.96. The number of hydrogen-bond donors (Lipinski definition) is 0. The molecule has 0 rings (SSSR count). The summed E-state index contributed by atoms with van der Waals surface area (Å²) in [6.07, 6.45) is 9.47. The van der Waals surface area contributed by atoms with Gasteiger partial charge in [-0.05, 0) is 32.8 Å². The van der Waals surface area contributed by atoms with Crippen LogP contribution in [0.5, 0.6) is 0 Å². The summed E-state index contributed by atoms with van der Waals surface area (Å²) in [6, 6.07) is 0. The smallest absolute Gasteiger partial charge is 0.0305 e. The van der Waals surface area contributed by atoms with Crippen LogP contribution >= 0.6 is 0 Å². The fourth-order valence-corrected chi connectivity index (χ4v) is 0.974. The lowest BCUT2D eigenvalue weighted by Gasteiger charge is -2.00. The Morgan fingerprint density at radius 3 is 2.31 bits per heavy atom. The van der Waals surface area contributed by atoms with Gasteiger partial charge in [-0.2, -0.15) is 0 Å². The van der Waals surface area contributed by atoms with E-state index in [1.54, 1.807) is 0 Å². The molecule has 0 N–H and O–H groups in total. The maximum absolute atomic E-state index is 3.93. The van der Waals surface area contributed by atoms with Gasteiger partial charge in [-0.1, -0.05) is 49.0 Å². The molecule has 13 heavy (non-hydrogen) atoms. The van der Waals surface area contributed by atoms with E-state index in [-0.39, 0.29) is 0 Å². The lowest BCUT2D eigenvalue weighted by molar-refractivity contribution is 1.11. The van der Waals surface area contributed by atoms with Crippen LogP contribution in [0.3, 0.4) is 0 Å². The fourth-order valence-electron chi connectivity index (χ4n) is 0.974. The van der Waals surface area contributed by atoms with E-state index in [1.807, 2.05) is 13.8 Å². The third-order valence-corrected chi connectivity index (χ3v) is 2.04. The van der Waals surface area contributed by atoms with Crippen LogP contribution in [0.1, 0.15) is 34.1 Å². The van der Waals surface area contributed by atoms with Gasteiger partial charge in [-0.25, -0.2) is 0 Å². The summed E-state index contributed by atoms with van der Waals surface area (Å²) in [5.41, 5.74) is 3.76. The SMILES string of the molecule is C=C(C)C(=CC=CC(C)=CC)CC. The molecular formula is C13H20. The second-order valence-corrected chi connectivity index (χ2v) is 3.22. The lowest BCUT2D eigenvalue weighted by atomic mass is 10.1. The van der Waals surface area contributed by atoms with Gasteiger partial charge in [0.25, 0.3) is 0 Å². The molecule has 0 unspecified atom stereocenters. The molecule has 0 radical (unpaired) electrons. The third kappa shape index (κ3) is 5.24. The van der Waals surface area contributed by atoms with Crippen LogP contribution in [0, 0.1) is 0 Å². The fraction of sp³-hybridized carbons (Fsp3) is 0.385. The van der Waals surface area contributed by atoms with Crippen molar-refractivity contribution in [3.63, 3.8) is 0 Å². The zero-order chi connectivity index (χ0) is 10.3. The monoisotopic (exact) mass is 176 g/mol. The molecule has 72 valence electrons. The van der Waals surface area contributed by atoms with E-state index in [4.69, 9.17) is 0 Å². The van der Waals surface area contributed by atoms with Gasteiger partial charge in [0.15, 0.2) is 0 Å². The highest BCUT2D eigenvalue weighted by Gasteiger charge is 1.90. The predicted octanol–water partition coefficient (Wildman–Crippen LogP) is 4.42. The largest absolute Gasteiger partial charge is 0.0958 e. The Balaban J connectivity index is 4.39. The summed E-state index contributed by atoms with van der Waals surface area (Å²) in [5.74, 6) is 0. The van der Waals surface area contributed by atoms with Crippen LogP contribution in [0.25, 0.3) is 0 Å². The van der Waals surface area contributed by atoms with Crippen molar-refractivity contribution < 1.29 is 0 Å². The van der Waals surface area contributed by atoms with Crippen molar-refractivity contribution in [2.45, 2.75) is 34.1 Å². The molecule has 0 saturated heterocycles. The number of allylic oxidation sites excluding steroid dienone is 7. The van der Waals surface area contributed by atoms with Crippen molar-refractivity contribution in [3.05, 3.63) is 47.6 Å². The van der Waals surface area contributed by atoms with Crippen molar-refractivity contribution in [1.29, 1.82) is 0 Å². The molecule has 0 aliphatic rings. The summed E-state index contributed by atoms with van der Waals surface area (Å²) in [4.78, 5) is 0. The average molecular weight is 176 g/mol. The van der Waals surface area contributed by atoms with Crippen LogP contribution in [-0.4, -0.2) is 0 Å². The van der Waals surface area contributed by atoms with Gasteiger partial charge in [0.2, 0.25) is 0 Å². The molecule has 0 aromatic rings. The van der Waals surface area contributed by atoms with Crippen LogP contribution < -0.4 is 0 Å². The van der Waals surface area contributed by atoms with E-state index in [0.29, 0.717) is 0 Å². The zero-order valence-corrected chi connectivity index (χ0v) is 9.22. The molecule has 0 aromatic heterocycles. The van der Waals surface area contributed by atoms with Crippen LogP contribution in [-0.2, 0) is 0 Å². The van der Waals surface area contributed by atoms with Crippen molar-refractivity contribution in [3.8, 4) is 0 Å². The van der Waals surface area contributed by atoms with Crippen LogP contribution in [0.15, 0.2) is 47.6 Å². The van der Waals surface area contributed by atoms with Crippen molar-refractivity contribution in [2.75, 3.05) is 0 Å². The molecule has 0 aliphatic heterocycles. The second kappa shape index (κ2) is 6.47. The van der Waals surface area contributed by atoms with E-state index in [0.717, 1.165) is 12.0 Å². The first-order chi connectivity index (χ1) is 6.11. The van der Waals surface area contributed by atoms with Gasteiger partial charge in [-0.15, -0.1) is 0 Å². The highest BCUT2D eigenvalue weighted by molar-refractivity contribution is 5.31. The Hall–Kier alpha value is -1.04. The first kappa shape index (κ1) is 12.0. The van der Waals surface area contributed by atoms with E-state index < -0.39 is 0 Å². The van der Waals surface area contributed by atoms with Gasteiger partial charge in [0.1, 0.15) is 0 Å². The molecular weight excluding hydrogens is 156 g/mol. The molecule has 0 bridgehead atoms. The van der Waals surface area contributed by atoms with Crippen molar-refractivity contribution in [1.82, 2.24) is 0 Å². The highest BCUT2D eigenvalue weighted by Crippen LogP contribution is 2.10. The summed E-state index contributed by atoms with van der Waals surface area (Å²) < 4.78 is 0. The molecule has 0 spiro atoms. The molecule has 0 aromatic carbocycles. The molecule has 0 fully saturated rings. The average Bonchev–Trinajstić information content (AvgIpc) is 2.11. The standard InChI is InChI=1S/C13H20/c1-6-12(5)9-8-10-13(7-2)11(3)4/h6,8-10H,3,7H2,1-2,4-5H3. The molecule has 0 aliphatic carbocycles. The number of hydrogen-bond acceptors (Lipinski definition) is 0. The van der Waals surface area contributed by atoms with Crippen molar-refractivity contribution >= 4 is 0 Å². The summed E-state index contributed by atoms with van der Waals surface area (Å²) >= 11 is 0. The first-order valence-corrected chi connectivity index (χ1v) is 4.77. The topological polar surface area (TPSA) is 0 Å². The van der Waals surface area contributed by atoms with E-state index >= 15 is 0 Å². The minimum Gasteiger partial charge on any atom is -0.0958 e. The van der Waals surface area contributed by atoms with Crippen LogP contribution in [0.2, 0.25) is 0 Å². The first-order valence-electron chi connectivity index (χ1n) is 4.77. The molecule has 0 heterocycles. The van der Waals surface area contributed by atoms with Gasteiger partial charge in [0.05, 0.1) is 0 Å². The highest BCUT2D eigenvalue weighted by atomic mass is 14.0. The zero-order valence-electron chi connectivity index (χ0n) is 9.22. The Labute approximate surface area is 82.4 Å². The van der Waals surface area contributed by atoms with Gasteiger partial charge < -0.3 is 0 Å². The second-order valence-electron chi connectivity index (χ2n) is 3.22. The Bertz CT molecular complexity index is 249. The third-order valence-electron chi connectivity index (χ3n) is 2.04. The van der Waals surface area contributed by atoms with Gasteiger partial charge in [0, 0.05) is 0 Å². The molecule has 0 amide bonds. The summed E-state index contributed by atoms with van der Waals surface area (Å²) in [5, 5.41) is 0. The molecule has 0 heteroatoms. The maximum atomic E-state index is 3.93. The molecule has 0 atom stereocenters. The van der Waals surface area contributed by atoms with Gasteiger partial charge in [-0.3, -0.25) is 0 Å². The van der Waals surface area contributed by atoms with Crippen molar-refractivity contribution in [2.24, 2.45) is 0 Å². The lowest BCUT2D eigenvalue weighted by Crippen LogP contribution is -1.79. The summed E-state index contributed by atoms with van der Waals surface area (Å²) in [6.45, 7) is 12.3. The maximum Gasteiger partial charge on any atom is -0.0305 e. The molecule has 0 nitrogen and oxygen atoms in total. The predicted molar refractivity (Wildman–Crippen MR) is 61.8 cm³/mol. The molecule has 0 saturated carbocycles.